The highest BCUT2D eigenvalue weighted by Gasteiger charge is 2.19. The van der Waals surface area contributed by atoms with E-state index in [4.69, 9.17) is 4.74 Å². The quantitative estimate of drug-likeness (QED) is 0.868. The van der Waals surface area contributed by atoms with Gasteiger partial charge in [-0.15, -0.1) is 0 Å². The van der Waals surface area contributed by atoms with Crippen molar-refractivity contribution in [2.24, 2.45) is 0 Å². The normalized spacial score (nSPS) is 19.2. The molecule has 1 fully saturated rings. The summed E-state index contributed by atoms with van der Waals surface area (Å²) in [5, 5.41) is 2.97. The molecule has 1 unspecified atom stereocenters. The topological polar surface area (TPSA) is 38.3 Å². The number of aryl methyl sites for hydroxylation is 1. The number of hydrogen-bond acceptors (Lipinski definition) is 2. The molecule has 1 atom stereocenters. The molecule has 1 aromatic rings. The molecule has 17 heavy (non-hydrogen) atoms. The summed E-state index contributed by atoms with van der Waals surface area (Å²) in [4.78, 5) is 11.8. The molecular formula is C14H19NO2. The molecule has 1 amide bonds. The van der Waals surface area contributed by atoms with Gasteiger partial charge in [0, 0.05) is 12.3 Å². The molecule has 1 heterocycles. The smallest absolute Gasteiger partial charge is 0.226 e. The van der Waals surface area contributed by atoms with E-state index in [1.54, 1.807) is 0 Å². The first-order valence-electron chi connectivity index (χ1n) is 6.29. The lowest BCUT2D eigenvalue weighted by atomic mass is 10.1. The minimum atomic E-state index is 0.0535. The van der Waals surface area contributed by atoms with Crippen molar-refractivity contribution in [2.75, 3.05) is 11.9 Å². The first-order chi connectivity index (χ1) is 8.29. The third-order valence-electron chi connectivity index (χ3n) is 3.11. The number of para-hydroxylation sites is 1. The summed E-state index contributed by atoms with van der Waals surface area (Å²) in [6, 6.07) is 7.93. The van der Waals surface area contributed by atoms with Crippen LogP contribution in [-0.2, 0) is 16.0 Å². The fourth-order valence-corrected chi connectivity index (χ4v) is 2.16. The van der Waals surface area contributed by atoms with Crippen LogP contribution in [0.15, 0.2) is 24.3 Å². The number of carbonyl (C=O) groups is 1. The maximum absolute atomic E-state index is 11.8. The zero-order chi connectivity index (χ0) is 12.1. The van der Waals surface area contributed by atoms with E-state index in [-0.39, 0.29) is 12.0 Å². The monoisotopic (exact) mass is 233 g/mol. The molecule has 3 nitrogen and oxygen atoms in total. The Balaban J connectivity index is 1.92. The number of nitrogens with one attached hydrogen (secondary N) is 1. The van der Waals surface area contributed by atoms with Gasteiger partial charge in [-0.1, -0.05) is 25.1 Å². The number of amides is 1. The third kappa shape index (κ3) is 3.30. The number of carbonyl (C=O) groups excluding carboxylic acids is 1. The van der Waals surface area contributed by atoms with E-state index in [1.165, 1.54) is 5.56 Å². The van der Waals surface area contributed by atoms with Gasteiger partial charge in [-0.05, 0) is 30.9 Å². The zero-order valence-electron chi connectivity index (χ0n) is 10.2. The Morgan fingerprint density at radius 3 is 3.00 bits per heavy atom. The molecule has 0 aliphatic carbocycles. The first kappa shape index (κ1) is 12.1. The van der Waals surface area contributed by atoms with Crippen molar-refractivity contribution in [2.45, 2.75) is 38.7 Å². The molecule has 1 saturated heterocycles. The van der Waals surface area contributed by atoms with Gasteiger partial charge in [0.2, 0.25) is 5.91 Å². The molecule has 1 aliphatic rings. The molecule has 0 radical (unpaired) electrons. The van der Waals surface area contributed by atoms with Crippen molar-refractivity contribution in [1.29, 1.82) is 0 Å². The Bertz CT molecular complexity index is 384. The van der Waals surface area contributed by atoms with Crippen molar-refractivity contribution in [3.63, 3.8) is 0 Å². The third-order valence-corrected chi connectivity index (χ3v) is 3.11. The minimum Gasteiger partial charge on any atom is -0.378 e. The van der Waals surface area contributed by atoms with Crippen LogP contribution in [0.2, 0.25) is 0 Å². The average Bonchev–Trinajstić information content (AvgIpc) is 2.82. The van der Waals surface area contributed by atoms with Crippen LogP contribution in [0.5, 0.6) is 0 Å². The largest absolute Gasteiger partial charge is 0.378 e. The first-order valence-corrected chi connectivity index (χ1v) is 6.29. The lowest BCUT2D eigenvalue weighted by molar-refractivity contribution is -0.118. The van der Waals surface area contributed by atoms with Gasteiger partial charge in [-0.3, -0.25) is 4.79 Å². The van der Waals surface area contributed by atoms with Gasteiger partial charge in [0.05, 0.1) is 12.5 Å². The summed E-state index contributed by atoms with van der Waals surface area (Å²) >= 11 is 0. The number of hydrogen-bond donors (Lipinski definition) is 1. The molecule has 0 saturated carbocycles. The van der Waals surface area contributed by atoms with Crippen LogP contribution in [0.25, 0.3) is 0 Å². The maximum Gasteiger partial charge on any atom is 0.226 e. The lowest BCUT2D eigenvalue weighted by Gasteiger charge is -2.12. The van der Waals surface area contributed by atoms with Crippen molar-refractivity contribution in [3.8, 4) is 0 Å². The second-order valence-electron chi connectivity index (χ2n) is 4.40. The summed E-state index contributed by atoms with van der Waals surface area (Å²) in [5.41, 5.74) is 2.10. The maximum atomic E-state index is 11.8. The van der Waals surface area contributed by atoms with Crippen LogP contribution >= 0.6 is 0 Å². The van der Waals surface area contributed by atoms with E-state index in [0.717, 1.165) is 31.6 Å². The Hall–Kier alpha value is -1.35. The van der Waals surface area contributed by atoms with Crippen molar-refractivity contribution in [3.05, 3.63) is 29.8 Å². The highest BCUT2D eigenvalue weighted by atomic mass is 16.5. The van der Waals surface area contributed by atoms with Crippen molar-refractivity contribution < 1.29 is 9.53 Å². The number of benzene rings is 1. The molecule has 1 aromatic carbocycles. The Morgan fingerprint density at radius 2 is 2.29 bits per heavy atom. The van der Waals surface area contributed by atoms with Crippen LogP contribution < -0.4 is 5.32 Å². The van der Waals surface area contributed by atoms with E-state index in [2.05, 4.69) is 12.2 Å². The summed E-state index contributed by atoms with van der Waals surface area (Å²) in [5.74, 6) is 0.0535. The van der Waals surface area contributed by atoms with Crippen LogP contribution in [0.4, 0.5) is 5.69 Å². The van der Waals surface area contributed by atoms with E-state index in [1.807, 2.05) is 24.3 Å². The molecule has 1 aliphatic heterocycles. The fraction of sp³-hybridized carbons (Fsp3) is 0.500. The standard InChI is InChI=1S/C14H19NO2/c1-2-11-6-3-4-8-13(11)15-14(16)10-12-7-5-9-17-12/h3-4,6,8,12H,2,5,7,9-10H2,1H3,(H,15,16). The summed E-state index contributed by atoms with van der Waals surface area (Å²) in [6.07, 6.45) is 3.59. The Morgan fingerprint density at radius 1 is 1.47 bits per heavy atom. The van der Waals surface area contributed by atoms with E-state index < -0.39 is 0 Å². The van der Waals surface area contributed by atoms with E-state index in [0.29, 0.717) is 6.42 Å². The van der Waals surface area contributed by atoms with Crippen LogP contribution in [0.3, 0.4) is 0 Å². The Labute approximate surface area is 102 Å². The van der Waals surface area contributed by atoms with Crippen LogP contribution in [0, 0.1) is 0 Å². The number of ether oxygens (including phenoxy) is 1. The van der Waals surface area contributed by atoms with Gasteiger partial charge in [-0.2, -0.15) is 0 Å². The molecule has 0 spiro atoms. The van der Waals surface area contributed by atoms with Crippen molar-refractivity contribution in [1.82, 2.24) is 0 Å². The summed E-state index contributed by atoms with van der Waals surface area (Å²) in [6.45, 7) is 2.88. The van der Waals surface area contributed by atoms with Gasteiger partial charge < -0.3 is 10.1 Å². The predicted octanol–water partition coefficient (Wildman–Crippen LogP) is 2.76. The van der Waals surface area contributed by atoms with Gasteiger partial charge in [0.25, 0.3) is 0 Å². The molecule has 0 aromatic heterocycles. The number of rotatable bonds is 4. The van der Waals surface area contributed by atoms with Gasteiger partial charge in [0.1, 0.15) is 0 Å². The summed E-state index contributed by atoms with van der Waals surface area (Å²) < 4.78 is 5.46. The molecule has 3 heteroatoms. The molecule has 2 rings (SSSR count). The highest BCUT2D eigenvalue weighted by Crippen LogP contribution is 2.18. The fourth-order valence-electron chi connectivity index (χ4n) is 2.16. The molecule has 92 valence electrons. The lowest BCUT2D eigenvalue weighted by Crippen LogP contribution is -2.19. The highest BCUT2D eigenvalue weighted by molar-refractivity contribution is 5.91. The van der Waals surface area contributed by atoms with Gasteiger partial charge in [-0.25, -0.2) is 0 Å². The second-order valence-corrected chi connectivity index (χ2v) is 4.40. The number of anilines is 1. The van der Waals surface area contributed by atoms with E-state index >= 15 is 0 Å². The summed E-state index contributed by atoms with van der Waals surface area (Å²) in [7, 11) is 0. The van der Waals surface area contributed by atoms with Crippen LogP contribution in [0.1, 0.15) is 31.7 Å². The molecular weight excluding hydrogens is 214 g/mol. The zero-order valence-corrected chi connectivity index (χ0v) is 10.2. The minimum absolute atomic E-state index is 0.0535. The SMILES string of the molecule is CCc1ccccc1NC(=O)CC1CCCO1. The Kier molecular flexibility index (Phi) is 4.15. The predicted molar refractivity (Wildman–Crippen MR) is 68.0 cm³/mol. The van der Waals surface area contributed by atoms with Gasteiger partial charge >= 0.3 is 0 Å². The van der Waals surface area contributed by atoms with Gasteiger partial charge in [0.15, 0.2) is 0 Å². The van der Waals surface area contributed by atoms with Crippen molar-refractivity contribution >= 4 is 11.6 Å². The average molecular weight is 233 g/mol. The van der Waals surface area contributed by atoms with E-state index in [9.17, 15) is 4.79 Å². The molecule has 1 N–H and O–H groups in total. The second kappa shape index (κ2) is 5.82. The van der Waals surface area contributed by atoms with Crippen LogP contribution in [-0.4, -0.2) is 18.6 Å². The molecule has 0 bridgehead atoms.